The van der Waals surface area contributed by atoms with E-state index in [0.717, 1.165) is 67.0 Å². The third-order valence-electron chi connectivity index (χ3n) is 8.07. The minimum absolute atomic E-state index is 0.0734. The molecular formula is C30H33N3O4S. The molecule has 7 nitrogen and oxygen atoms in total. The quantitative estimate of drug-likeness (QED) is 0.337. The van der Waals surface area contributed by atoms with Gasteiger partial charge in [0.1, 0.15) is 0 Å². The summed E-state index contributed by atoms with van der Waals surface area (Å²) in [6, 6.07) is 12.4. The Morgan fingerprint density at radius 2 is 1.82 bits per heavy atom. The van der Waals surface area contributed by atoms with Gasteiger partial charge in [0.15, 0.2) is 5.13 Å². The Labute approximate surface area is 226 Å². The predicted octanol–water partition coefficient (Wildman–Crippen LogP) is 6.15. The number of hydrogen-bond acceptors (Lipinski definition) is 6. The van der Waals surface area contributed by atoms with Gasteiger partial charge in [0.05, 0.1) is 25.3 Å². The minimum Gasteiger partial charge on any atom is -0.481 e. The number of carbonyl (C=O) groups is 2. The summed E-state index contributed by atoms with van der Waals surface area (Å²) in [5, 5.41) is 12.3. The van der Waals surface area contributed by atoms with Gasteiger partial charge in [-0.05, 0) is 36.8 Å². The second kappa shape index (κ2) is 10.9. The van der Waals surface area contributed by atoms with E-state index < -0.39 is 11.9 Å². The van der Waals surface area contributed by atoms with E-state index in [2.05, 4.69) is 29.2 Å². The largest absolute Gasteiger partial charge is 0.481 e. The molecule has 198 valence electrons. The zero-order valence-electron chi connectivity index (χ0n) is 21.4. The van der Waals surface area contributed by atoms with E-state index in [0.29, 0.717) is 23.4 Å². The summed E-state index contributed by atoms with van der Waals surface area (Å²) in [5.41, 5.74) is 4.93. The second-order valence-corrected chi connectivity index (χ2v) is 11.7. The van der Waals surface area contributed by atoms with Crippen molar-refractivity contribution in [3.05, 3.63) is 53.7 Å². The van der Waals surface area contributed by atoms with Gasteiger partial charge in [-0.1, -0.05) is 56.0 Å². The average Bonchev–Trinajstić information content (AvgIpc) is 3.36. The molecule has 0 unspecified atom stereocenters. The van der Waals surface area contributed by atoms with Crippen LogP contribution in [0, 0.1) is 11.8 Å². The molecule has 8 heteroatoms. The molecule has 3 aliphatic rings. The lowest BCUT2D eigenvalue weighted by atomic mass is 9.90. The lowest BCUT2D eigenvalue weighted by Crippen LogP contribution is -2.39. The maximum Gasteiger partial charge on any atom is 0.304 e. The van der Waals surface area contributed by atoms with Crippen LogP contribution in [0.15, 0.2) is 48.0 Å². The van der Waals surface area contributed by atoms with Crippen LogP contribution in [0.2, 0.25) is 0 Å². The molecule has 38 heavy (non-hydrogen) atoms. The Hall–Kier alpha value is -3.10. The SMILES string of the molecule is O=C(O)C[C@@H](CC1CCCC1)C(=O)N(c1nc(-c2ccccc2-c2ccc(C3COC3)nc2)cs1)C1CC1. The number of rotatable bonds is 10. The molecule has 1 atom stereocenters. The van der Waals surface area contributed by atoms with E-state index in [1.54, 1.807) is 0 Å². The van der Waals surface area contributed by atoms with Gasteiger partial charge in [-0.3, -0.25) is 19.5 Å². The van der Waals surface area contributed by atoms with Crippen molar-refractivity contribution in [1.82, 2.24) is 9.97 Å². The number of thiazole rings is 1. The van der Waals surface area contributed by atoms with E-state index in [-0.39, 0.29) is 18.4 Å². The molecule has 0 radical (unpaired) electrons. The molecule has 0 bridgehead atoms. The number of hydrogen-bond donors (Lipinski definition) is 1. The van der Waals surface area contributed by atoms with Crippen molar-refractivity contribution in [1.29, 1.82) is 0 Å². The van der Waals surface area contributed by atoms with Crippen LogP contribution in [-0.2, 0) is 14.3 Å². The number of carbonyl (C=O) groups excluding carboxylic acids is 1. The van der Waals surface area contributed by atoms with E-state index in [9.17, 15) is 14.7 Å². The monoisotopic (exact) mass is 531 g/mol. The second-order valence-electron chi connectivity index (χ2n) is 10.9. The number of ether oxygens (including phenoxy) is 1. The first kappa shape index (κ1) is 25.2. The Bertz CT molecular complexity index is 1290. The Balaban J connectivity index is 1.26. The summed E-state index contributed by atoms with van der Waals surface area (Å²) in [7, 11) is 0. The van der Waals surface area contributed by atoms with Crippen molar-refractivity contribution in [2.45, 2.75) is 63.3 Å². The van der Waals surface area contributed by atoms with Gasteiger partial charge < -0.3 is 9.84 Å². The minimum atomic E-state index is -0.907. The number of benzene rings is 1. The van der Waals surface area contributed by atoms with E-state index in [1.807, 2.05) is 28.6 Å². The highest BCUT2D eigenvalue weighted by Crippen LogP contribution is 2.40. The molecule has 2 aliphatic carbocycles. The molecule has 1 aliphatic heterocycles. The highest BCUT2D eigenvalue weighted by atomic mass is 32.1. The number of nitrogens with zero attached hydrogens (tertiary/aromatic N) is 3. The predicted molar refractivity (Wildman–Crippen MR) is 147 cm³/mol. The maximum atomic E-state index is 13.8. The van der Waals surface area contributed by atoms with Crippen LogP contribution in [-0.4, -0.2) is 46.2 Å². The Morgan fingerprint density at radius 3 is 2.45 bits per heavy atom. The van der Waals surface area contributed by atoms with Gasteiger partial charge in [-0.25, -0.2) is 4.98 Å². The van der Waals surface area contributed by atoms with Crippen LogP contribution in [0.1, 0.15) is 63.0 Å². The fourth-order valence-corrected chi connectivity index (χ4v) is 6.66. The van der Waals surface area contributed by atoms with E-state index in [4.69, 9.17) is 9.72 Å². The first-order chi connectivity index (χ1) is 18.6. The number of amides is 1. The number of anilines is 1. The van der Waals surface area contributed by atoms with Crippen molar-refractivity contribution < 1.29 is 19.4 Å². The van der Waals surface area contributed by atoms with Crippen molar-refractivity contribution in [3.8, 4) is 22.4 Å². The van der Waals surface area contributed by atoms with E-state index >= 15 is 0 Å². The lowest BCUT2D eigenvalue weighted by Gasteiger charge is -2.26. The van der Waals surface area contributed by atoms with Crippen molar-refractivity contribution in [2.75, 3.05) is 18.1 Å². The third kappa shape index (κ3) is 5.38. The van der Waals surface area contributed by atoms with Gasteiger partial charge >= 0.3 is 5.97 Å². The van der Waals surface area contributed by atoms with E-state index in [1.165, 1.54) is 24.2 Å². The van der Waals surface area contributed by atoms with Crippen LogP contribution >= 0.6 is 11.3 Å². The average molecular weight is 532 g/mol. The summed E-state index contributed by atoms with van der Waals surface area (Å²) in [5.74, 6) is -0.655. The lowest BCUT2D eigenvalue weighted by molar-refractivity contribution is -0.141. The van der Waals surface area contributed by atoms with Gasteiger partial charge in [-0.15, -0.1) is 11.3 Å². The number of aromatic nitrogens is 2. The van der Waals surface area contributed by atoms with Crippen LogP contribution in [0.3, 0.4) is 0 Å². The summed E-state index contributed by atoms with van der Waals surface area (Å²) in [6.45, 7) is 1.46. The maximum absolute atomic E-state index is 13.8. The normalized spacial score (nSPS) is 18.7. The highest BCUT2D eigenvalue weighted by molar-refractivity contribution is 7.14. The first-order valence-corrected chi connectivity index (χ1v) is 14.6. The molecular weight excluding hydrogens is 498 g/mol. The highest BCUT2D eigenvalue weighted by Gasteiger charge is 2.40. The molecule has 1 saturated heterocycles. The number of carboxylic acid groups (broad SMARTS) is 1. The Kier molecular flexibility index (Phi) is 7.26. The summed E-state index contributed by atoms with van der Waals surface area (Å²) >= 11 is 1.47. The molecule has 1 aromatic carbocycles. The van der Waals surface area contributed by atoms with Crippen LogP contribution in [0.5, 0.6) is 0 Å². The summed E-state index contributed by atoms with van der Waals surface area (Å²) in [6.07, 6.45) is 8.86. The van der Waals surface area contributed by atoms with Gasteiger partial charge in [0, 0.05) is 46.3 Å². The fraction of sp³-hybridized carbons (Fsp3) is 0.467. The summed E-state index contributed by atoms with van der Waals surface area (Å²) in [4.78, 5) is 36.9. The molecule has 1 amide bonds. The van der Waals surface area contributed by atoms with Crippen LogP contribution in [0.25, 0.3) is 22.4 Å². The van der Waals surface area contributed by atoms with Crippen molar-refractivity contribution in [2.24, 2.45) is 11.8 Å². The number of aliphatic carboxylic acids is 1. The molecule has 2 aromatic heterocycles. The molecule has 3 heterocycles. The molecule has 3 aromatic rings. The smallest absolute Gasteiger partial charge is 0.304 e. The molecule has 2 saturated carbocycles. The third-order valence-corrected chi connectivity index (χ3v) is 8.91. The van der Waals surface area contributed by atoms with Gasteiger partial charge in [-0.2, -0.15) is 0 Å². The Morgan fingerprint density at radius 1 is 1.05 bits per heavy atom. The number of carboxylic acids is 1. The molecule has 1 N–H and O–H groups in total. The van der Waals surface area contributed by atoms with Crippen molar-refractivity contribution >= 4 is 28.3 Å². The standard InChI is InChI=1S/C30H33N3O4S/c34-28(35)14-21(13-19-5-1-2-6-19)29(36)33(23-10-11-23)30-32-27(18-38-30)25-8-4-3-7-24(25)20-9-12-26(31-15-20)22-16-37-17-22/h3-4,7-9,12,15,18-19,21-23H,1-2,5-6,10-11,13-14,16-17H2,(H,34,35)/t21-/m1/s1. The first-order valence-electron chi connectivity index (χ1n) is 13.7. The molecule has 3 fully saturated rings. The van der Waals surface area contributed by atoms with Crippen LogP contribution < -0.4 is 4.90 Å². The molecule has 0 spiro atoms. The van der Waals surface area contributed by atoms with Gasteiger partial charge in [0.2, 0.25) is 5.91 Å². The zero-order chi connectivity index (χ0) is 26.1. The van der Waals surface area contributed by atoms with Gasteiger partial charge in [0.25, 0.3) is 0 Å². The molecule has 6 rings (SSSR count). The number of pyridine rings is 1. The van der Waals surface area contributed by atoms with Crippen LogP contribution in [0.4, 0.5) is 5.13 Å². The fourth-order valence-electron chi connectivity index (χ4n) is 5.76. The zero-order valence-corrected chi connectivity index (χ0v) is 22.2. The summed E-state index contributed by atoms with van der Waals surface area (Å²) < 4.78 is 5.30. The van der Waals surface area contributed by atoms with Crippen molar-refractivity contribution in [3.63, 3.8) is 0 Å². The topological polar surface area (TPSA) is 92.6 Å².